The van der Waals surface area contributed by atoms with Gasteiger partial charge in [-0.1, -0.05) is 13.3 Å². The molecule has 1 atom stereocenters. The molecule has 0 spiro atoms. The highest BCUT2D eigenvalue weighted by Gasteiger charge is 2.38. The molecule has 1 unspecified atom stereocenters. The van der Waals surface area contributed by atoms with E-state index in [0.717, 1.165) is 44.7 Å². The van der Waals surface area contributed by atoms with Crippen LogP contribution in [0.2, 0.25) is 0 Å². The van der Waals surface area contributed by atoms with Crippen LogP contribution in [0.5, 0.6) is 0 Å². The van der Waals surface area contributed by atoms with Gasteiger partial charge in [-0.2, -0.15) is 0 Å². The molecule has 4 heteroatoms. The molecule has 0 bridgehead atoms. The van der Waals surface area contributed by atoms with Crippen molar-refractivity contribution in [3.05, 3.63) is 0 Å². The lowest BCUT2D eigenvalue weighted by molar-refractivity contribution is -0.144. The Morgan fingerprint density at radius 1 is 1.35 bits per heavy atom. The normalized spacial score (nSPS) is 22.6. The van der Waals surface area contributed by atoms with Gasteiger partial charge in [0.15, 0.2) is 0 Å². The Kier molecular flexibility index (Phi) is 5.44. The van der Waals surface area contributed by atoms with Gasteiger partial charge in [0.25, 0.3) is 0 Å². The minimum atomic E-state index is -0.739. The summed E-state index contributed by atoms with van der Waals surface area (Å²) in [6.45, 7) is 7.36. The molecule has 116 valence electrons. The van der Waals surface area contributed by atoms with E-state index < -0.39 is 11.5 Å². The Morgan fingerprint density at radius 3 is 2.50 bits per heavy atom. The van der Waals surface area contributed by atoms with Crippen molar-refractivity contribution in [2.45, 2.75) is 70.4 Å². The summed E-state index contributed by atoms with van der Waals surface area (Å²) in [6.07, 6.45) is 8.10. The molecule has 0 heterocycles. The van der Waals surface area contributed by atoms with E-state index in [4.69, 9.17) is 0 Å². The summed E-state index contributed by atoms with van der Waals surface area (Å²) in [6, 6.07) is 0.438. The predicted molar refractivity (Wildman–Crippen MR) is 80.9 cm³/mol. The Hall–Kier alpha value is -0.610. The maximum Gasteiger partial charge on any atom is 0.323 e. The zero-order valence-corrected chi connectivity index (χ0v) is 13.0. The second kappa shape index (κ2) is 6.90. The zero-order valence-electron chi connectivity index (χ0n) is 13.0. The van der Waals surface area contributed by atoms with Crippen LogP contribution in [-0.4, -0.2) is 47.2 Å². The van der Waals surface area contributed by atoms with Crippen LogP contribution < -0.4 is 5.32 Å². The van der Waals surface area contributed by atoms with Crippen LogP contribution in [0.4, 0.5) is 0 Å². The summed E-state index contributed by atoms with van der Waals surface area (Å²) < 4.78 is 0. The largest absolute Gasteiger partial charge is 0.480 e. The third-order valence-electron chi connectivity index (χ3n) is 4.91. The van der Waals surface area contributed by atoms with Crippen molar-refractivity contribution in [1.82, 2.24) is 10.2 Å². The van der Waals surface area contributed by atoms with Gasteiger partial charge in [-0.3, -0.25) is 10.1 Å². The molecule has 2 saturated carbocycles. The second-order valence-corrected chi connectivity index (χ2v) is 6.85. The van der Waals surface area contributed by atoms with Gasteiger partial charge >= 0.3 is 5.97 Å². The van der Waals surface area contributed by atoms with Crippen molar-refractivity contribution in [1.29, 1.82) is 0 Å². The number of nitrogens with zero attached hydrogens (tertiary/aromatic N) is 1. The molecule has 0 aromatic rings. The van der Waals surface area contributed by atoms with E-state index in [1.54, 1.807) is 0 Å². The summed E-state index contributed by atoms with van der Waals surface area (Å²) in [5.74, 6) is 0.192. The molecule has 0 amide bonds. The van der Waals surface area contributed by atoms with Gasteiger partial charge in [0.1, 0.15) is 5.54 Å². The maximum atomic E-state index is 11.5. The highest BCUT2D eigenvalue weighted by atomic mass is 16.4. The fraction of sp³-hybridized carbons (Fsp3) is 0.938. The Morgan fingerprint density at radius 2 is 2.05 bits per heavy atom. The zero-order chi connectivity index (χ0) is 14.6. The Bertz CT molecular complexity index is 326. The van der Waals surface area contributed by atoms with Crippen molar-refractivity contribution < 1.29 is 9.90 Å². The third kappa shape index (κ3) is 4.45. The topological polar surface area (TPSA) is 52.6 Å². The molecule has 20 heavy (non-hydrogen) atoms. The minimum Gasteiger partial charge on any atom is -0.480 e. The molecule has 2 fully saturated rings. The lowest BCUT2D eigenvalue weighted by atomic mass is 9.85. The number of hydrogen-bond acceptors (Lipinski definition) is 3. The number of hydrogen-bond donors (Lipinski definition) is 2. The summed E-state index contributed by atoms with van der Waals surface area (Å²) in [4.78, 5) is 14.0. The summed E-state index contributed by atoms with van der Waals surface area (Å²) in [5, 5.41) is 12.8. The average molecular weight is 282 g/mol. The van der Waals surface area contributed by atoms with Gasteiger partial charge in [-0.05, 0) is 64.5 Å². The second-order valence-electron chi connectivity index (χ2n) is 6.85. The van der Waals surface area contributed by atoms with E-state index in [9.17, 15) is 9.90 Å². The molecule has 0 radical (unpaired) electrons. The SMILES string of the molecule is CCN(CCCC(C)(NC1CC1)C(=O)O)CC1CCC1. The highest BCUT2D eigenvalue weighted by molar-refractivity contribution is 5.78. The van der Waals surface area contributed by atoms with Gasteiger partial charge in [-0.15, -0.1) is 0 Å². The summed E-state index contributed by atoms with van der Waals surface area (Å²) >= 11 is 0. The van der Waals surface area contributed by atoms with Gasteiger partial charge in [0.2, 0.25) is 0 Å². The first kappa shape index (κ1) is 15.8. The van der Waals surface area contributed by atoms with Crippen LogP contribution in [0.25, 0.3) is 0 Å². The van der Waals surface area contributed by atoms with E-state index in [0.29, 0.717) is 6.04 Å². The van der Waals surface area contributed by atoms with Crippen molar-refractivity contribution in [2.24, 2.45) is 5.92 Å². The number of nitrogens with one attached hydrogen (secondary N) is 1. The standard InChI is InChI=1S/C16H30N2O2/c1-3-18(12-13-6-4-7-13)11-5-10-16(2,15(19)20)17-14-8-9-14/h13-14,17H,3-12H2,1-2H3,(H,19,20). The van der Waals surface area contributed by atoms with Crippen LogP contribution in [-0.2, 0) is 4.79 Å². The van der Waals surface area contributed by atoms with E-state index in [-0.39, 0.29) is 0 Å². The molecular weight excluding hydrogens is 252 g/mol. The van der Waals surface area contributed by atoms with E-state index in [1.165, 1.54) is 25.8 Å². The van der Waals surface area contributed by atoms with Crippen LogP contribution in [0.15, 0.2) is 0 Å². The average Bonchev–Trinajstić information content (AvgIpc) is 3.14. The molecule has 0 saturated heterocycles. The highest BCUT2D eigenvalue weighted by Crippen LogP contribution is 2.28. The van der Waals surface area contributed by atoms with Gasteiger partial charge < -0.3 is 10.0 Å². The monoisotopic (exact) mass is 282 g/mol. The van der Waals surface area contributed by atoms with Crippen molar-refractivity contribution in [3.8, 4) is 0 Å². The van der Waals surface area contributed by atoms with Crippen molar-refractivity contribution in [2.75, 3.05) is 19.6 Å². The fourth-order valence-electron chi connectivity index (χ4n) is 2.99. The first-order valence-corrected chi connectivity index (χ1v) is 8.27. The number of carboxylic acids is 1. The van der Waals surface area contributed by atoms with Gasteiger partial charge in [-0.25, -0.2) is 0 Å². The number of aliphatic carboxylic acids is 1. The summed E-state index contributed by atoms with van der Waals surface area (Å²) in [5.41, 5.74) is -0.739. The quantitative estimate of drug-likeness (QED) is 0.646. The molecular formula is C16H30N2O2. The molecule has 0 aliphatic heterocycles. The van der Waals surface area contributed by atoms with E-state index in [1.807, 2.05) is 6.92 Å². The van der Waals surface area contributed by atoms with Crippen LogP contribution in [0.3, 0.4) is 0 Å². The molecule has 2 rings (SSSR count). The number of carboxylic acid groups (broad SMARTS) is 1. The van der Waals surface area contributed by atoms with Crippen LogP contribution >= 0.6 is 0 Å². The molecule has 4 nitrogen and oxygen atoms in total. The molecule has 0 aromatic carbocycles. The molecule has 2 N–H and O–H groups in total. The lowest BCUT2D eigenvalue weighted by Crippen LogP contribution is -2.51. The van der Waals surface area contributed by atoms with Crippen molar-refractivity contribution >= 4 is 5.97 Å². The summed E-state index contributed by atoms with van der Waals surface area (Å²) in [7, 11) is 0. The van der Waals surface area contributed by atoms with Gasteiger partial charge in [0, 0.05) is 12.6 Å². The molecule has 0 aromatic heterocycles. The first-order chi connectivity index (χ1) is 9.53. The molecule has 2 aliphatic rings. The predicted octanol–water partition coefficient (Wildman–Crippen LogP) is 2.48. The minimum absolute atomic E-state index is 0.438. The van der Waals surface area contributed by atoms with Gasteiger partial charge in [0.05, 0.1) is 0 Å². The Labute approximate surface area is 122 Å². The number of rotatable bonds is 10. The maximum absolute atomic E-state index is 11.5. The number of carbonyl (C=O) groups is 1. The van der Waals surface area contributed by atoms with Crippen LogP contribution in [0.1, 0.15) is 58.8 Å². The Balaban J connectivity index is 1.71. The third-order valence-corrected chi connectivity index (χ3v) is 4.91. The van der Waals surface area contributed by atoms with Crippen LogP contribution in [0, 0.1) is 5.92 Å². The smallest absolute Gasteiger partial charge is 0.323 e. The molecule has 2 aliphatic carbocycles. The fourth-order valence-corrected chi connectivity index (χ4v) is 2.99. The van der Waals surface area contributed by atoms with E-state index >= 15 is 0 Å². The first-order valence-electron chi connectivity index (χ1n) is 8.27. The van der Waals surface area contributed by atoms with Crippen molar-refractivity contribution in [3.63, 3.8) is 0 Å². The lowest BCUT2D eigenvalue weighted by Gasteiger charge is -2.33. The van der Waals surface area contributed by atoms with E-state index in [2.05, 4.69) is 17.1 Å².